The van der Waals surface area contributed by atoms with Gasteiger partial charge in [-0.2, -0.15) is 0 Å². The molecule has 2 N–H and O–H groups in total. The first-order valence-electron chi connectivity index (χ1n) is 8.35. The summed E-state index contributed by atoms with van der Waals surface area (Å²) >= 11 is 0. The first-order chi connectivity index (χ1) is 12.2. The van der Waals surface area contributed by atoms with Crippen LogP contribution in [0.25, 0.3) is 11.0 Å². The Hall–Kier alpha value is -2.79. The lowest BCUT2D eigenvalue weighted by atomic mass is 10.1. The second kappa shape index (κ2) is 7.85. The van der Waals surface area contributed by atoms with Gasteiger partial charge in [-0.15, -0.1) is 0 Å². The van der Waals surface area contributed by atoms with E-state index in [0.29, 0.717) is 36.6 Å². The van der Waals surface area contributed by atoms with Crippen LogP contribution >= 0.6 is 0 Å². The van der Waals surface area contributed by atoms with Crippen molar-refractivity contribution in [3.05, 3.63) is 65.9 Å². The van der Waals surface area contributed by atoms with E-state index in [9.17, 15) is 9.90 Å². The van der Waals surface area contributed by atoms with E-state index in [1.807, 2.05) is 43.3 Å². The largest absolute Gasteiger partial charge is 0.493 e. The summed E-state index contributed by atoms with van der Waals surface area (Å²) in [6.07, 6.45) is -0.405. The molecule has 25 heavy (non-hydrogen) atoms. The molecule has 0 aliphatic carbocycles. The Kier molecular flexibility index (Phi) is 5.36. The molecule has 0 saturated heterocycles. The Morgan fingerprint density at radius 2 is 1.96 bits per heavy atom. The van der Waals surface area contributed by atoms with Gasteiger partial charge in [0.1, 0.15) is 23.2 Å². The molecule has 0 aliphatic heterocycles. The maximum atomic E-state index is 12.3. The molecule has 3 rings (SSSR count). The number of rotatable bonds is 7. The zero-order valence-corrected chi connectivity index (χ0v) is 14.1. The lowest BCUT2D eigenvalue weighted by molar-refractivity contribution is 0.0933. The molecule has 0 fully saturated rings. The van der Waals surface area contributed by atoms with Gasteiger partial charge in [0, 0.05) is 11.9 Å². The zero-order chi connectivity index (χ0) is 17.6. The average molecular weight is 339 g/mol. The zero-order valence-electron chi connectivity index (χ0n) is 14.1. The van der Waals surface area contributed by atoms with Gasteiger partial charge in [-0.25, -0.2) is 0 Å². The summed E-state index contributed by atoms with van der Waals surface area (Å²) in [7, 11) is 0. The number of para-hydroxylation sites is 2. The molecule has 1 atom stereocenters. The fourth-order valence-electron chi connectivity index (χ4n) is 2.66. The van der Waals surface area contributed by atoms with Crippen LogP contribution in [0.5, 0.6) is 5.75 Å². The van der Waals surface area contributed by atoms with E-state index in [2.05, 4.69) is 5.32 Å². The number of carbonyl (C=O) groups excluding carboxylic acids is 1. The van der Waals surface area contributed by atoms with Crippen molar-refractivity contribution >= 4 is 16.9 Å². The summed E-state index contributed by atoms with van der Waals surface area (Å²) in [5.74, 6) is 0.839. The van der Waals surface area contributed by atoms with Crippen molar-refractivity contribution in [1.82, 2.24) is 5.32 Å². The van der Waals surface area contributed by atoms with Gasteiger partial charge in [-0.1, -0.05) is 30.3 Å². The molecule has 1 heterocycles. The van der Waals surface area contributed by atoms with Gasteiger partial charge in [0.25, 0.3) is 5.91 Å². The molecule has 5 nitrogen and oxygen atoms in total. The number of aliphatic hydroxyl groups is 1. The number of nitrogens with one attached hydrogen (secondary N) is 1. The predicted octanol–water partition coefficient (Wildman–Crippen LogP) is 3.69. The molecule has 130 valence electrons. The molecule has 0 spiro atoms. The number of fused-ring (bicyclic) bond motifs is 1. The minimum atomic E-state index is -0.769. The normalized spacial score (nSPS) is 12.1. The van der Waals surface area contributed by atoms with Crippen LogP contribution in [0.15, 0.2) is 59.0 Å². The smallest absolute Gasteiger partial charge is 0.255 e. The van der Waals surface area contributed by atoms with E-state index >= 15 is 0 Å². The van der Waals surface area contributed by atoms with Gasteiger partial charge in [0.15, 0.2) is 0 Å². The summed E-state index contributed by atoms with van der Waals surface area (Å²) in [5.41, 5.74) is 1.23. The van der Waals surface area contributed by atoms with Crippen molar-refractivity contribution in [2.75, 3.05) is 13.2 Å². The van der Waals surface area contributed by atoms with Gasteiger partial charge >= 0.3 is 0 Å². The topological polar surface area (TPSA) is 71.7 Å². The molecule has 2 aromatic carbocycles. The molecule has 0 bridgehead atoms. The molecule has 0 radical (unpaired) electrons. The third kappa shape index (κ3) is 4.00. The first-order valence-corrected chi connectivity index (χ1v) is 8.35. The highest BCUT2D eigenvalue weighted by molar-refractivity contribution is 5.96. The van der Waals surface area contributed by atoms with Crippen molar-refractivity contribution in [3.8, 4) is 5.75 Å². The summed E-state index contributed by atoms with van der Waals surface area (Å²) < 4.78 is 11.1. The number of hydrogen-bond acceptors (Lipinski definition) is 4. The quantitative estimate of drug-likeness (QED) is 0.689. The second-order valence-electron chi connectivity index (χ2n) is 5.68. The Morgan fingerprint density at radius 1 is 1.20 bits per heavy atom. The lowest BCUT2D eigenvalue weighted by Crippen LogP contribution is -2.26. The number of amides is 1. The van der Waals surface area contributed by atoms with Crippen LogP contribution in [0, 0.1) is 0 Å². The summed E-state index contributed by atoms with van der Waals surface area (Å²) in [5, 5.41) is 14.0. The molecule has 5 heteroatoms. The maximum Gasteiger partial charge on any atom is 0.255 e. The van der Waals surface area contributed by atoms with Crippen molar-refractivity contribution in [2.45, 2.75) is 19.4 Å². The van der Waals surface area contributed by atoms with Crippen molar-refractivity contribution < 1.29 is 19.1 Å². The van der Waals surface area contributed by atoms with Crippen LogP contribution in [-0.2, 0) is 0 Å². The highest BCUT2D eigenvalue weighted by Crippen LogP contribution is 2.25. The van der Waals surface area contributed by atoms with Gasteiger partial charge in [-0.05, 0) is 37.6 Å². The van der Waals surface area contributed by atoms with Gasteiger partial charge in [0.2, 0.25) is 0 Å². The summed E-state index contributed by atoms with van der Waals surface area (Å²) in [6.45, 7) is 2.70. The predicted molar refractivity (Wildman–Crippen MR) is 95.7 cm³/mol. The van der Waals surface area contributed by atoms with E-state index in [1.54, 1.807) is 18.2 Å². The Labute approximate surface area is 146 Å². The molecule has 1 amide bonds. The highest BCUT2D eigenvalue weighted by Gasteiger charge is 2.15. The van der Waals surface area contributed by atoms with Crippen molar-refractivity contribution in [3.63, 3.8) is 0 Å². The van der Waals surface area contributed by atoms with Crippen LogP contribution in [0.3, 0.4) is 0 Å². The van der Waals surface area contributed by atoms with Crippen LogP contribution in [0.4, 0.5) is 0 Å². The minimum Gasteiger partial charge on any atom is -0.493 e. The lowest BCUT2D eigenvalue weighted by Gasteiger charge is -2.11. The van der Waals surface area contributed by atoms with E-state index in [1.165, 1.54) is 0 Å². The van der Waals surface area contributed by atoms with E-state index < -0.39 is 6.10 Å². The molecule has 0 aliphatic rings. The molecule has 1 unspecified atom stereocenters. The third-order valence-corrected chi connectivity index (χ3v) is 3.91. The standard InChI is InChI=1S/C20H21NO4/c1-2-24-18-10-6-4-8-15(18)20(23)21-12-11-16(22)19-13-14-7-3-5-9-17(14)25-19/h3-10,13,16,22H,2,11-12H2,1H3,(H,21,23). The number of ether oxygens (including phenoxy) is 1. The highest BCUT2D eigenvalue weighted by atomic mass is 16.5. The molecule has 3 aromatic rings. The van der Waals surface area contributed by atoms with Gasteiger partial charge in [-0.3, -0.25) is 4.79 Å². The molecular weight excluding hydrogens is 318 g/mol. The van der Waals surface area contributed by atoms with E-state index in [4.69, 9.17) is 9.15 Å². The Morgan fingerprint density at radius 3 is 2.76 bits per heavy atom. The summed E-state index contributed by atoms with van der Waals surface area (Å²) in [4.78, 5) is 12.3. The van der Waals surface area contributed by atoms with Crippen LogP contribution in [0.1, 0.15) is 35.6 Å². The third-order valence-electron chi connectivity index (χ3n) is 3.91. The fraction of sp³-hybridized carbons (Fsp3) is 0.250. The molecule has 1 aromatic heterocycles. The Bertz CT molecular complexity index is 823. The van der Waals surface area contributed by atoms with Gasteiger partial charge in [0.05, 0.1) is 12.2 Å². The maximum absolute atomic E-state index is 12.3. The number of hydrogen-bond donors (Lipinski definition) is 2. The monoisotopic (exact) mass is 339 g/mol. The second-order valence-corrected chi connectivity index (χ2v) is 5.68. The van der Waals surface area contributed by atoms with Crippen LogP contribution in [-0.4, -0.2) is 24.2 Å². The first kappa shape index (κ1) is 17.0. The summed E-state index contributed by atoms with van der Waals surface area (Å²) in [6, 6.07) is 16.5. The average Bonchev–Trinajstić information content (AvgIpc) is 3.06. The number of benzene rings is 2. The SMILES string of the molecule is CCOc1ccccc1C(=O)NCCC(O)c1cc2ccccc2o1. The van der Waals surface area contributed by atoms with Crippen molar-refractivity contribution in [2.24, 2.45) is 0 Å². The Balaban J connectivity index is 1.58. The van der Waals surface area contributed by atoms with Gasteiger partial charge < -0.3 is 19.6 Å². The molecule has 0 saturated carbocycles. The van der Waals surface area contributed by atoms with Crippen molar-refractivity contribution in [1.29, 1.82) is 0 Å². The molecular formula is C20H21NO4. The number of aliphatic hydroxyl groups excluding tert-OH is 1. The fourth-order valence-corrected chi connectivity index (χ4v) is 2.66. The van der Waals surface area contributed by atoms with Crippen LogP contribution < -0.4 is 10.1 Å². The van der Waals surface area contributed by atoms with Crippen LogP contribution in [0.2, 0.25) is 0 Å². The number of carbonyl (C=O) groups is 1. The number of furan rings is 1. The minimum absolute atomic E-state index is 0.221. The van der Waals surface area contributed by atoms with E-state index in [0.717, 1.165) is 11.0 Å². The van der Waals surface area contributed by atoms with E-state index in [-0.39, 0.29) is 5.91 Å².